The average Bonchev–Trinajstić information content (AvgIpc) is 2.85. The second-order valence-electron chi connectivity index (χ2n) is 5.92. The minimum atomic E-state index is -4.41. The van der Waals surface area contributed by atoms with Crippen LogP contribution in [-0.4, -0.2) is 30.6 Å². The Hall–Kier alpha value is -1.43. The molecule has 6 heteroatoms. The van der Waals surface area contributed by atoms with Gasteiger partial charge in [-0.3, -0.25) is 0 Å². The highest BCUT2D eigenvalue weighted by Crippen LogP contribution is 2.35. The Morgan fingerprint density at radius 1 is 1.38 bits per heavy atom. The van der Waals surface area contributed by atoms with Crippen molar-refractivity contribution in [2.75, 3.05) is 30.7 Å². The number of nitrogens with one attached hydrogen (secondary N) is 1. The summed E-state index contributed by atoms with van der Waals surface area (Å²) in [6.07, 6.45) is -3.34. The maximum atomic E-state index is 12.8. The van der Waals surface area contributed by atoms with Gasteiger partial charge in [0.05, 0.1) is 5.56 Å². The lowest BCUT2D eigenvalue weighted by molar-refractivity contribution is -0.136. The van der Waals surface area contributed by atoms with Crippen LogP contribution in [0.5, 0.6) is 0 Å². The summed E-state index contributed by atoms with van der Waals surface area (Å²) in [5.41, 5.74) is 4.85. The van der Waals surface area contributed by atoms with E-state index in [-0.39, 0.29) is 5.69 Å². The second kappa shape index (κ2) is 6.13. The first kappa shape index (κ1) is 15.9. The number of hydrogen-bond acceptors (Lipinski definition) is 3. The zero-order valence-electron chi connectivity index (χ0n) is 12.4. The lowest BCUT2D eigenvalue weighted by Gasteiger charge is -2.20. The normalized spacial score (nSPS) is 20.2. The molecule has 1 unspecified atom stereocenters. The van der Waals surface area contributed by atoms with Gasteiger partial charge in [-0.05, 0) is 50.9 Å². The fourth-order valence-corrected chi connectivity index (χ4v) is 2.67. The molecule has 0 radical (unpaired) electrons. The van der Waals surface area contributed by atoms with Crippen molar-refractivity contribution in [2.24, 2.45) is 5.92 Å². The number of nitrogens with zero attached hydrogens (tertiary/aromatic N) is 1. The van der Waals surface area contributed by atoms with Crippen molar-refractivity contribution < 1.29 is 13.2 Å². The van der Waals surface area contributed by atoms with Gasteiger partial charge >= 0.3 is 6.18 Å². The molecule has 1 saturated heterocycles. The molecule has 0 bridgehead atoms. The molecule has 0 aromatic heterocycles. The van der Waals surface area contributed by atoms with E-state index >= 15 is 0 Å². The fraction of sp³-hybridized carbons (Fsp3) is 0.600. The molecule has 0 spiro atoms. The summed E-state index contributed by atoms with van der Waals surface area (Å²) in [4.78, 5) is 2.39. The molecule has 21 heavy (non-hydrogen) atoms. The third-order valence-corrected chi connectivity index (χ3v) is 4.00. The Labute approximate surface area is 123 Å². The van der Waals surface area contributed by atoms with Crippen molar-refractivity contribution in [2.45, 2.75) is 32.5 Å². The second-order valence-corrected chi connectivity index (χ2v) is 5.92. The van der Waals surface area contributed by atoms with E-state index in [1.165, 1.54) is 6.07 Å². The molecule has 0 amide bonds. The van der Waals surface area contributed by atoms with Gasteiger partial charge < -0.3 is 16.0 Å². The van der Waals surface area contributed by atoms with Gasteiger partial charge in [0.25, 0.3) is 0 Å². The molecule has 118 valence electrons. The predicted molar refractivity (Wildman–Crippen MR) is 79.2 cm³/mol. The Morgan fingerprint density at radius 3 is 2.67 bits per heavy atom. The monoisotopic (exact) mass is 301 g/mol. The van der Waals surface area contributed by atoms with Crippen molar-refractivity contribution >= 4 is 11.4 Å². The summed E-state index contributed by atoms with van der Waals surface area (Å²) >= 11 is 0. The molecule has 3 N–H and O–H groups in total. The maximum Gasteiger partial charge on any atom is 0.418 e. The number of nitrogens with two attached hydrogens (primary N) is 1. The van der Waals surface area contributed by atoms with Crippen molar-refractivity contribution in [1.29, 1.82) is 0 Å². The molecule has 3 nitrogen and oxygen atoms in total. The molecule has 1 aliphatic heterocycles. The van der Waals surface area contributed by atoms with Crippen LogP contribution in [0.4, 0.5) is 24.5 Å². The smallest absolute Gasteiger partial charge is 0.398 e. The maximum absolute atomic E-state index is 12.8. The standard InChI is InChI=1S/C15H22F3N3/c1-10(2)21-6-5-11(9-21)8-20-12-3-4-14(19)13(7-12)15(16,17)18/h3-4,7,10-11,20H,5-6,8-9,19H2,1-2H3. The van der Waals surface area contributed by atoms with Crippen LogP contribution in [0.3, 0.4) is 0 Å². The third kappa shape index (κ3) is 4.03. The molecule has 1 aromatic rings. The first-order chi connectivity index (χ1) is 9.77. The largest absolute Gasteiger partial charge is 0.418 e. The van der Waals surface area contributed by atoms with Crippen molar-refractivity contribution in [3.63, 3.8) is 0 Å². The lowest BCUT2D eigenvalue weighted by Crippen LogP contribution is -2.29. The Balaban J connectivity index is 1.95. The van der Waals surface area contributed by atoms with Gasteiger partial charge in [0.1, 0.15) is 0 Å². The summed E-state index contributed by atoms with van der Waals surface area (Å²) in [5, 5.41) is 3.10. The van der Waals surface area contributed by atoms with Crippen LogP contribution in [0.15, 0.2) is 18.2 Å². The fourth-order valence-electron chi connectivity index (χ4n) is 2.67. The zero-order valence-corrected chi connectivity index (χ0v) is 12.4. The third-order valence-electron chi connectivity index (χ3n) is 4.00. The minimum Gasteiger partial charge on any atom is -0.398 e. The van der Waals surface area contributed by atoms with E-state index in [1.54, 1.807) is 6.07 Å². The van der Waals surface area contributed by atoms with Gasteiger partial charge in [0, 0.05) is 30.5 Å². The van der Waals surface area contributed by atoms with E-state index in [2.05, 4.69) is 24.1 Å². The Kier molecular flexibility index (Phi) is 4.66. The van der Waals surface area contributed by atoms with Crippen LogP contribution in [-0.2, 0) is 6.18 Å². The quantitative estimate of drug-likeness (QED) is 0.837. The zero-order chi connectivity index (χ0) is 15.6. The van der Waals surface area contributed by atoms with Gasteiger partial charge in [-0.2, -0.15) is 13.2 Å². The van der Waals surface area contributed by atoms with E-state index in [1.807, 2.05) is 0 Å². The number of alkyl halides is 3. The first-order valence-electron chi connectivity index (χ1n) is 7.22. The van der Waals surface area contributed by atoms with Gasteiger partial charge in [-0.25, -0.2) is 0 Å². The average molecular weight is 301 g/mol. The van der Waals surface area contributed by atoms with Gasteiger partial charge in [0.15, 0.2) is 0 Å². The summed E-state index contributed by atoms with van der Waals surface area (Å²) in [5.74, 6) is 0.472. The van der Waals surface area contributed by atoms with E-state index in [0.717, 1.165) is 25.6 Å². The number of hydrogen-bond donors (Lipinski definition) is 2. The number of anilines is 2. The Morgan fingerprint density at radius 2 is 2.10 bits per heavy atom. The van der Waals surface area contributed by atoms with Crippen LogP contribution in [0.25, 0.3) is 0 Å². The molecule has 1 aliphatic rings. The number of benzene rings is 1. The van der Waals surface area contributed by atoms with Crippen LogP contribution >= 0.6 is 0 Å². The van der Waals surface area contributed by atoms with E-state index in [0.29, 0.717) is 24.2 Å². The number of likely N-dealkylation sites (tertiary alicyclic amines) is 1. The molecule has 1 fully saturated rings. The highest BCUT2D eigenvalue weighted by molar-refractivity contribution is 5.58. The van der Waals surface area contributed by atoms with Crippen LogP contribution in [0, 0.1) is 5.92 Å². The summed E-state index contributed by atoms with van der Waals surface area (Å²) in [7, 11) is 0. The highest BCUT2D eigenvalue weighted by atomic mass is 19.4. The van der Waals surface area contributed by atoms with Crippen LogP contribution in [0.2, 0.25) is 0 Å². The molecule has 1 heterocycles. The SMILES string of the molecule is CC(C)N1CCC(CNc2ccc(N)c(C(F)(F)F)c2)C1. The van der Waals surface area contributed by atoms with Crippen LogP contribution in [0.1, 0.15) is 25.8 Å². The molecule has 2 rings (SSSR count). The summed E-state index contributed by atoms with van der Waals surface area (Å²) in [6, 6.07) is 4.51. The lowest BCUT2D eigenvalue weighted by atomic mass is 10.1. The van der Waals surface area contributed by atoms with E-state index < -0.39 is 11.7 Å². The topological polar surface area (TPSA) is 41.3 Å². The molecular weight excluding hydrogens is 279 g/mol. The molecule has 0 saturated carbocycles. The Bertz CT molecular complexity index is 486. The highest BCUT2D eigenvalue weighted by Gasteiger charge is 2.33. The molecule has 0 aliphatic carbocycles. The van der Waals surface area contributed by atoms with E-state index in [9.17, 15) is 13.2 Å². The minimum absolute atomic E-state index is 0.236. The molecule has 1 atom stereocenters. The molecular formula is C15H22F3N3. The predicted octanol–water partition coefficient (Wildman–Crippen LogP) is 3.43. The first-order valence-corrected chi connectivity index (χ1v) is 7.22. The number of nitrogen functional groups attached to an aromatic ring is 1. The van der Waals surface area contributed by atoms with Gasteiger partial charge in [0.2, 0.25) is 0 Å². The summed E-state index contributed by atoms with van der Waals surface area (Å²) < 4.78 is 38.4. The van der Waals surface area contributed by atoms with Gasteiger partial charge in [-0.1, -0.05) is 0 Å². The number of halogens is 3. The van der Waals surface area contributed by atoms with Crippen LogP contribution < -0.4 is 11.1 Å². The van der Waals surface area contributed by atoms with Crippen molar-refractivity contribution in [3.05, 3.63) is 23.8 Å². The van der Waals surface area contributed by atoms with Crippen molar-refractivity contribution in [1.82, 2.24) is 4.90 Å². The van der Waals surface area contributed by atoms with Gasteiger partial charge in [-0.15, -0.1) is 0 Å². The molecule has 1 aromatic carbocycles. The van der Waals surface area contributed by atoms with Crippen molar-refractivity contribution in [3.8, 4) is 0 Å². The summed E-state index contributed by atoms with van der Waals surface area (Å²) in [6.45, 7) is 7.05. The van der Waals surface area contributed by atoms with E-state index in [4.69, 9.17) is 5.73 Å². The number of rotatable bonds is 4.